The van der Waals surface area contributed by atoms with Gasteiger partial charge in [-0.15, -0.1) is 0 Å². The zero-order valence-electron chi connectivity index (χ0n) is 11.1. The first-order chi connectivity index (χ1) is 9.32. The Morgan fingerprint density at radius 1 is 1.30 bits per heavy atom. The van der Waals surface area contributed by atoms with E-state index in [4.69, 9.17) is 0 Å². The third kappa shape index (κ3) is 2.62. The Morgan fingerprint density at radius 2 is 1.85 bits per heavy atom. The van der Waals surface area contributed by atoms with E-state index >= 15 is 0 Å². The molecule has 1 fully saturated rings. The van der Waals surface area contributed by atoms with E-state index in [2.05, 4.69) is 15.9 Å². The van der Waals surface area contributed by atoms with Crippen molar-refractivity contribution in [1.82, 2.24) is 4.90 Å². The number of hydrogen-bond acceptors (Lipinski definition) is 3. The number of hydrogen-bond donors (Lipinski definition) is 1. The molecule has 4 nitrogen and oxygen atoms in total. The molecule has 1 aromatic carbocycles. The van der Waals surface area contributed by atoms with E-state index in [-0.39, 0.29) is 34.7 Å². The van der Waals surface area contributed by atoms with Gasteiger partial charge in [0, 0.05) is 11.8 Å². The van der Waals surface area contributed by atoms with Gasteiger partial charge in [-0.1, -0.05) is 19.9 Å². The normalized spacial score (nSPS) is 24.4. The molecule has 1 aliphatic heterocycles. The molecule has 1 aromatic rings. The minimum atomic E-state index is -1.03. The standard InChI is InChI=1S/C14H15BrFNO3/c1-7-8(2)14(20)17(13(7)19)6-12(18)9-3-4-11(16)10(15)5-9/h3-5,7-8,12,18H,6H2,1-2H3/t7-,8+,12-/m1/s1. The molecule has 3 atom stereocenters. The molecule has 0 bridgehead atoms. The first-order valence-electron chi connectivity index (χ1n) is 6.31. The predicted molar refractivity (Wildman–Crippen MR) is 74.1 cm³/mol. The van der Waals surface area contributed by atoms with Gasteiger partial charge in [-0.05, 0) is 33.6 Å². The molecular formula is C14H15BrFNO3. The van der Waals surface area contributed by atoms with Gasteiger partial charge in [0.2, 0.25) is 11.8 Å². The van der Waals surface area contributed by atoms with Crippen LogP contribution in [0.4, 0.5) is 4.39 Å². The fourth-order valence-corrected chi connectivity index (χ4v) is 2.60. The zero-order valence-corrected chi connectivity index (χ0v) is 12.7. The average Bonchev–Trinajstić information content (AvgIpc) is 2.59. The molecule has 0 aromatic heterocycles. The molecule has 0 unspecified atom stereocenters. The van der Waals surface area contributed by atoms with Gasteiger partial charge in [-0.2, -0.15) is 0 Å². The van der Waals surface area contributed by atoms with Crippen molar-refractivity contribution in [1.29, 1.82) is 0 Å². The Hall–Kier alpha value is -1.27. The lowest BCUT2D eigenvalue weighted by molar-refractivity contribution is -0.141. The summed E-state index contributed by atoms with van der Waals surface area (Å²) in [6.07, 6.45) is -1.03. The van der Waals surface area contributed by atoms with Crippen LogP contribution in [0.25, 0.3) is 0 Å². The molecule has 6 heteroatoms. The van der Waals surface area contributed by atoms with Gasteiger partial charge >= 0.3 is 0 Å². The van der Waals surface area contributed by atoms with E-state index in [0.29, 0.717) is 5.56 Å². The molecule has 1 saturated heterocycles. The van der Waals surface area contributed by atoms with Gasteiger partial charge < -0.3 is 5.11 Å². The lowest BCUT2D eigenvalue weighted by atomic mass is 10.00. The van der Waals surface area contributed by atoms with Crippen molar-refractivity contribution < 1.29 is 19.1 Å². The quantitative estimate of drug-likeness (QED) is 0.856. The summed E-state index contributed by atoms with van der Waals surface area (Å²) in [6, 6.07) is 4.10. The van der Waals surface area contributed by atoms with Crippen LogP contribution < -0.4 is 0 Å². The molecule has 1 N–H and O–H groups in total. The Balaban J connectivity index is 2.15. The second-order valence-corrected chi connectivity index (χ2v) is 5.91. The molecule has 1 heterocycles. The Bertz CT molecular complexity index is 543. The molecule has 0 saturated carbocycles. The second kappa shape index (κ2) is 5.61. The van der Waals surface area contributed by atoms with Gasteiger partial charge in [0.15, 0.2) is 0 Å². The third-order valence-electron chi connectivity index (χ3n) is 3.75. The first-order valence-corrected chi connectivity index (χ1v) is 7.10. The number of carbonyl (C=O) groups excluding carboxylic acids is 2. The van der Waals surface area contributed by atoms with Crippen LogP contribution in [0.2, 0.25) is 0 Å². The number of benzene rings is 1. The van der Waals surface area contributed by atoms with Crippen LogP contribution in [-0.4, -0.2) is 28.4 Å². The molecule has 108 valence electrons. The van der Waals surface area contributed by atoms with Crippen molar-refractivity contribution in [3.63, 3.8) is 0 Å². The number of aliphatic hydroxyl groups is 1. The van der Waals surface area contributed by atoms with Crippen LogP contribution in [0, 0.1) is 17.7 Å². The summed E-state index contributed by atoms with van der Waals surface area (Å²) in [4.78, 5) is 25.0. The van der Waals surface area contributed by atoms with Gasteiger partial charge in [-0.3, -0.25) is 14.5 Å². The second-order valence-electron chi connectivity index (χ2n) is 5.05. The zero-order chi connectivity index (χ0) is 15.0. The molecule has 2 rings (SSSR count). The van der Waals surface area contributed by atoms with Crippen molar-refractivity contribution in [2.45, 2.75) is 20.0 Å². The van der Waals surface area contributed by atoms with Crippen LogP contribution in [0.1, 0.15) is 25.5 Å². The van der Waals surface area contributed by atoms with Crippen LogP contribution in [0.15, 0.2) is 22.7 Å². The van der Waals surface area contributed by atoms with Gasteiger partial charge in [0.05, 0.1) is 17.1 Å². The maximum absolute atomic E-state index is 13.1. The largest absolute Gasteiger partial charge is 0.387 e. The predicted octanol–water partition coefficient (Wildman–Crippen LogP) is 2.26. The fourth-order valence-electron chi connectivity index (χ4n) is 2.21. The lowest BCUT2D eigenvalue weighted by Gasteiger charge is -2.19. The van der Waals surface area contributed by atoms with Crippen molar-refractivity contribution in [3.8, 4) is 0 Å². The number of aliphatic hydroxyl groups excluding tert-OH is 1. The average molecular weight is 344 g/mol. The fraction of sp³-hybridized carbons (Fsp3) is 0.429. The number of rotatable bonds is 3. The van der Waals surface area contributed by atoms with Gasteiger partial charge in [0.1, 0.15) is 5.82 Å². The Labute approximate surface area is 124 Å². The van der Waals surface area contributed by atoms with Gasteiger partial charge in [-0.25, -0.2) is 4.39 Å². The summed E-state index contributed by atoms with van der Waals surface area (Å²) >= 11 is 3.04. The number of imide groups is 1. The molecular weight excluding hydrogens is 329 g/mol. The Kier molecular flexibility index (Phi) is 4.25. The number of halogens is 2. The van der Waals surface area contributed by atoms with E-state index in [9.17, 15) is 19.1 Å². The number of amides is 2. The van der Waals surface area contributed by atoms with Crippen molar-refractivity contribution in [2.75, 3.05) is 6.54 Å². The SMILES string of the molecule is C[C@@H]1C(=O)N(C[C@@H](O)c2ccc(F)c(Br)c2)C(=O)[C@@H]1C. The maximum atomic E-state index is 13.1. The monoisotopic (exact) mass is 343 g/mol. The Morgan fingerprint density at radius 3 is 2.35 bits per heavy atom. The van der Waals surface area contributed by atoms with E-state index in [1.165, 1.54) is 18.2 Å². The molecule has 0 spiro atoms. The first kappa shape index (κ1) is 15.1. The number of nitrogens with zero attached hydrogens (tertiary/aromatic N) is 1. The highest BCUT2D eigenvalue weighted by atomic mass is 79.9. The van der Waals surface area contributed by atoms with Crippen LogP contribution in [0.3, 0.4) is 0 Å². The number of carbonyl (C=O) groups is 2. The van der Waals surface area contributed by atoms with Gasteiger partial charge in [0.25, 0.3) is 0 Å². The summed E-state index contributed by atoms with van der Waals surface area (Å²) in [7, 11) is 0. The summed E-state index contributed by atoms with van der Waals surface area (Å²) in [5.74, 6) is -1.72. The molecule has 0 aliphatic carbocycles. The highest BCUT2D eigenvalue weighted by molar-refractivity contribution is 9.10. The molecule has 1 aliphatic rings. The van der Waals surface area contributed by atoms with Crippen molar-refractivity contribution in [2.24, 2.45) is 11.8 Å². The topological polar surface area (TPSA) is 57.6 Å². The van der Waals surface area contributed by atoms with E-state index in [0.717, 1.165) is 4.90 Å². The van der Waals surface area contributed by atoms with E-state index in [1.807, 2.05) is 0 Å². The summed E-state index contributed by atoms with van der Waals surface area (Å²) in [6.45, 7) is 3.29. The molecule has 0 radical (unpaired) electrons. The minimum absolute atomic E-state index is 0.107. The van der Waals surface area contributed by atoms with E-state index in [1.54, 1.807) is 13.8 Å². The van der Waals surface area contributed by atoms with Crippen LogP contribution in [0.5, 0.6) is 0 Å². The molecule has 2 amide bonds. The summed E-state index contributed by atoms with van der Waals surface area (Å²) in [5.41, 5.74) is 0.450. The van der Waals surface area contributed by atoms with Crippen LogP contribution >= 0.6 is 15.9 Å². The molecule has 20 heavy (non-hydrogen) atoms. The highest BCUT2D eigenvalue weighted by Crippen LogP contribution is 2.28. The lowest BCUT2D eigenvalue weighted by Crippen LogP contribution is -2.34. The number of likely N-dealkylation sites (tertiary alicyclic amines) is 1. The smallest absolute Gasteiger partial charge is 0.232 e. The minimum Gasteiger partial charge on any atom is -0.387 e. The summed E-state index contributed by atoms with van der Waals surface area (Å²) in [5, 5.41) is 10.1. The third-order valence-corrected chi connectivity index (χ3v) is 4.35. The van der Waals surface area contributed by atoms with E-state index < -0.39 is 11.9 Å². The van der Waals surface area contributed by atoms with Crippen molar-refractivity contribution in [3.05, 3.63) is 34.1 Å². The number of β-amino-alcohol motifs (C(OH)–C–C–N with tert-alkyl or cyclic N) is 1. The summed E-state index contributed by atoms with van der Waals surface area (Å²) < 4.78 is 13.4. The highest BCUT2D eigenvalue weighted by Gasteiger charge is 2.42. The maximum Gasteiger partial charge on any atom is 0.232 e. The van der Waals surface area contributed by atoms with Crippen LogP contribution in [-0.2, 0) is 9.59 Å². The van der Waals surface area contributed by atoms with Crippen molar-refractivity contribution >= 4 is 27.7 Å².